The maximum Gasteiger partial charge on any atom is 0.271 e. The number of nitrogens with one attached hydrogen (secondary N) is 2. The Morgan fingerprint density at radius 1 is 0.905 bits per heavy atom. The number of piperazine rings is 1. The zero-order chi connectivity index (χ0) is 29.1. The second-order valence-corrected chi connectivity index (χ2v) is 11.7. The van der Waals surface area contributed by atoms with E-state index in [9.17, 15) is 4.79 Å². The number of rotatable bonds is 9. The van der Waals surface area contributed by atoms with E-state index in [-0.39, 0.29) is 17.8 Å². The number of methoxy groups -OCH3 is 1. The first-order chi connectivity index (χ1) is 20.5. The number of amides is 1. The molecule has 10 nitrogen and oxygen atoms in total. The summed E-state index contributed by atoms with van der Waals surface area (Å²) in [6, 6.07) is 19.0. The molecule has 1 aliphatic carbocycles. The Bertz CT molecular complexity index is 1350. The van der Waals surface area contributed by atoms with Crippen molar-refractivity contribution < 1.29 is 9.53 Å². The van der Waals surface area contributed by atoms with Crippen LogP contribution >= 0.6 is 0 Å². The number of likely N-dealkylation sites (N-methyl/N-ethyl adjacent to an activating group) is 1. The van der Waals surface area contributed by atoms with Gasteiger partial charge in [-0.1, -0.05) is 30.3 Å². The molecule has 3 heterocycles. The third kappa shape index (κ3) is 6.35. The molecule has 1 saturated carbocycles. The monoisotopic (exact) mass is 570 g/mol. The Balaban J connectivity index is 1.17. The van der Waals surface area contributed by atoms with Crippen LogP contribution in [0.3, 0.4) is 0 Å². The summed E-state index contributed by atoms with van der Waals surface area (Å²) in [4.78, 5) is 29.7. The Morgan fingerprint density at radius 3 is 2.24 bits per heavy atom. The topological polar surface area (TPSA) is 112 Å². The molecule has 10 heteroatoms. The van der Waals surface area contributed by atoms with E-state index in [0.29, 0.717) is 23.4 Å². The van der Waals surface area contributed by atoms with Crippen molar-refractivity contribution in [2.24, 2.45) is 5.73 Å². The number of benzene rings is 2. The largest absolute Gasteiger partial charge is 0.381 e. The number of ether oxygens (including phenoxy) is 1. The average molecular weight is 571 g/mol. The lowest BCUT2D eigenvalue weighted by atomic mass is 9.89. The predicted octanol–water partition coefficient (Wildman–Crippen LogP) is 3.79. The van der Waals surface area contributed by atoms with Gasteiger partial charge in [-0.05, 0) is 57.0 Å². The van der Waals surface area contributed by atoms with Crippen molar-refractivity contribution >= 4 is 28.9 Å². The van der Waals surface area contributed by atoms with Crippen molar-refractivity contribution in [2.75, 3.05) is 69.0 Å². The van der Waals surface area contributed by atoms with Crippen LogP contribution in [0.4, 0.5) is 23.0 Å². The molecule has 1 amide bonds. The van der Waals surface area contributed by atoms with Gasteiger partial charge in [-0.25, -0.2) is 9.97 Å². The molecule has 4 N–H and O–H groups in total. The SMILES string of the molecule is CO[C@H]1C[C@H](Nc2nc(Nc3ccc(N4CCC(N5CCN(C)CC5)CC4)cc3)c(C(N)=O)nc2-c2ccccc2)C1. The zero-order valence-electron chi connectivity index (χ0n) is 24.6. The summed E-state index contributed by atoms with van der Waals surface area (Å²) in [6.45, 7) is 6.80. The van der Waals surface area contributed by atoms with Gasteiger partial charge in [-0.15, -0.1) is 0 Å². The number of piperidine rings is 1. The fourth-order valence-electron chi connectivity index (χ4n) is 6.23. The molecule has 3 aromatic rings. The van der Waals surface area contributed by atoms with E-state index in [0.717, 1.165) is 50.3 Å². The molecular weight excluding hydrogens is 528 g/mol. The number of carbonyl (C=O) groups excluding carboxylic acids is 1. The molecule has 222 valence electrons. The molecule has 3 aliphatic rings. The normalized spacial score (nSPS) is 22.0. The number of primary amides is 1. The number of anilines is 4. The van der Waals surface area contributed by atoms with Crippen molar-refractivity contribution in [3.63, 3.8) is 0 Å². The minimum absolute atomic E-state index is 0.109. The van der Waals surface area contributed by atoms with Crippen molar-refractivity contribution in [1.82, 2.24) is 19.8 Å². The van der Waals surface area contributed by atoms with E-state index in [1.165, 1.54) is 31.6 Å². The highest BCUT2D eigenvalue weighted by Crippen LogP contribution is 2.33. The summed E-state index contributed by atoms with van der Waals surface area (Å²) >= 11 is 0. The van der Waals surface area contributed by atoms with Crippen LogP contribution in [0.15, 0.2) is 54.6 Å². The molecule has 42 heavy (non-hydrogen) atoms. The number of aromatic nitrogens is 2. The molecule has 0 unspecified atom stereocenters. The van der Waals surface area contributed by atoms with E-state index in [2.05, 4.69) is 44.5 Å². The maximum absolute atomic E-state index is 12.5. The van der Waals surface area contributed by atoms with Crippen LogP contribution in [-0.4, -0.2) is 97.3 Å². The predicted molar refractivity (Wildman–Crippen MR) is 167 cm³/mol. The number of carbonyl (C=O) groups is 1. The van der Waals surface area contributed by atoms with E-state index in [1.54, 1.807) is 7.11 Å². The van der Waals surface area contributed by atoms with E-state index in [4.69, 9.17) is 20.4 Å². The number of nitrogens with zero attached hydrogens (tertiary/aromatic N) is 5. The standard InChI is InChI=1S/C32H42N8O2/c1-38-16-18-40(19-17-38)26-12-14-39(15-13-26)25-10-8-23(9-11-25)34-32-29(30(33)41)36-28(22-6-4-3-5-7-22)31(37-32)35-24-20-27(21-24)42-2/h3-11,24,26-27H,12-21H2,1-2H3,(H2,33,41)(H2,34,35,37)/t24-,27-. The summed E-state index contributed by atoms with van der Waals surface area (Å²) in [5.74, 6) is 0.331. The Kier molecular flexibility index (Phi) is 8.55. The van der Waals surface area contributed by atoms with Gasteiger partial charge in [-0.3, -0.25) is 9.69 Å². The van der Waals surface area contributed by atoms with Gasteiger partial charge in [0.2, 0.25) is 0 Å². The number of hydrogen-bond donors (Lipinski definition) is 3. The average Bonchev–Trinajstić information content (AvgIpc) is 3.00. The Morgan fingerprint density at radius 2 is 1.60 bits per heavy atom. The van der Waals surface area contributed by atoms with Crippen LogP contribution in [0, 0.1) is 0 Å². The minimum Gasteiger partial charge on any atom is -0.381 e. The third-order valence-electron chi connectivity index (χ3n) is 8.96. The molecule has 6 rings (SSSR count). The molecule has 1 aromatic heterocycles. The first-order valence-electron chi connectivity index (χ1n) is 15.1. The first-order valence-corrected chi connectivity index (χ1v) is 15.1. The van der Waals surface area contributed by atoms with Crippen molar-refractivity contribution in [3.05, 3.63) is 60.3 Å². The van der Waals surface area contributed by atoms with Crippen LogP contribution in [-0.2, 0) is 4.74 Å². The van der Waals surface area contributed by atoms with Gasteiger partial charge >= 0.3 is 0 Å². The highest BCUT2D eigenvalue weighted by atomic mass is 16.5. The van der Waals surface area contributed by atoms with Gasteiger partial charge < -0.3 is 30.9 Å². The molecular formula is C32H42N8O2. The lowest BCUT2D eigenvalue weighted by molar-refractivity contribution is 0.0328. The van der Waals surface area contributed by atoms with Gasteiger partial charge in [0, 0.05) is 75.4 Å². The molecule has 0 atom stereocenters. The van der Waals surface area contributed by atoms with Gasteiger partial charge in [0.25, 0.3) is 5.91 Å². The summed E-state index contributed by atoms with van der Waals surface area (Å²) < 4.78 is 5.46. The van der Waals surface area contributed by atoms with Gasteiger partial charge in [-0.2, -0.15) is 0 Å². The molecule has 2 aromatic carbocycles. The first kappa shape index (κ1) is 28.4. The second kappa shape index (κ2) is 12.6. The molecule has 2 aliphatic heterocycles. The smallest absolute Gasteiger partial charge is 0.271 e. The molecule has 0 spiro atoms. The van der Waals surface area contributed by atoms with Crippen LogP contribution in [0.25, 0.3) is 11.3 Å². The van der Waals surface area contributed by atoms with E-state index < -0.39 is 5.91 Å². The maximum atomic E-state index is 12.5. The molecule has 0 bridgehead atoms. The summed E-state index contributed by atoms with van der Waals surface area (Å²) in [5.41, 5.74) is 9.41. The summed E-state index contributed by atoms with van der Waals surface area (Å²) in [7, 11) is 3.95. The fourth-order valence-corrected chi connectivity index (χ4v) is 6.23. The van der Waals surface area contributed by atoms with E-state index in [1.807, 2.05) is 42.5 Å². The quantitative estimate of drug-likeness (QED) is 0.354. The van der Waals surface area contributed by atoms with Crippen molar-refractivity contribution in [3.8, 4) is 11.3 Å². The summed E-state index contributed by atoms with van der Waals surface area (Å²) in [5, 5.41) is 6.84. The Hall–Kier alpha value is -3.73. The van der Waals surface area contributed by atoms with Crippen LogP contribution in [0.2, 0.25) is 0 Å². The second-order valence-electron chi connectivity index (χ2n) is 11.7. The summed E-state index contributed by atoms with van der Waals surface area (Å²) in [6.07, 6.45) is 4.41. The lowest BCUT2D eigenvalue weighted by Gasteiger charge is -2.42. The van der Waals surface area contributed by atoms with Crippen molar-refractivity contribution in [1.29, 1.82) is 0 Å². The highest BCUT2D eigenvalue weighted by molar-refractivity contribution is 5.97. The van der Waals surface area contributed by atoms with Gasteiger partial charge in [0.05, 0.1) is 6.10 Å². The number of nitrogens with two attached hydrogens (primary N) is 1. The minimum atomic E-state index is -0.628. The molecule has 2 saturated heterocycles. The highest BCUT2D eigenvalue weighted by Gasteiger charge is 2.31. The molecule has 3 fully saturated rings. The third-order valence-corrected chi connectivity index (χ3v) is 8.96. The molecule has 0 radical (unpaired) electrons. The van der Waals surface area contributed by atoms with Gasteiger partial charge in [0.15, 0.2) is 17.3 Å². The fraction of sp³-hybridized carbons (Fsp3) is 0.469. The van der Waals surface area contributed by atoms with Crippen molar-refractivity contribution in [2.45, 2.75) is 43.9 Å². The van der Waals surface area contributed by atoms with Gasteiger partial charge in [0.1, 0.15) is 5.69 Å². The zero-order valence-corrected chi connectivity index (χ0v) is 24.6. The van der Waals surface area contributed by atoms with Crippen LogP contribution < -0.4 is 21.3 Å². The lowest BCUT2D eigenvalue weighted by Crippen LogP contribution is -2.52. The van der Waals surface area contributed by atoms with Crippen LogP contribution in [0.5, 0.6) is 0 Å². The number of hydrogen-bond acceptors (Lipinski definition) is 9. The van der Waals surface area contributed by atoms with Crippen LogP contribution in [0.1, 0.15) is 36.2 Å². The Labute approximate surface area is 248 Å². The van der Waals surface area contributed by atoms with E-state index >= 15 is 0 Å².